The van der Waals surface area contributed by atoms with Crippen molar-refractivity contribution in [3.8, 4) is 5.69 Å². The molecule has 0 aliphatic carbocycles. The first kappa shape index (κ1) is 13.5. The highest BCUT2D eigenvalue weighted by Crippen LogP contribution is 2.17. The van der Waals surface area contributed by atoms with Crippen LogP contribution in [0.25, 0.3) is 5.69 Å². The molecule has 1 heterocycles. The first-order chi connectivity index (χ1) is 10.3. The molecule has 0 saturated carbocycles. The fraction of sp³-hybridized carbons (Fsp3) is 0.125. The minimum atomic E-state index is -0.268. The average Bonchev–Trinajstić information content (AvgIpc) is 2.93. The van der Waals surface area contributed by atoms with Crippen molar-refractivity contribution in [2.75, 3.05) is 0 Å². The average molecular weight is 283 g/mol. The third-order valence-corrected chi connectivity index (χ3v) is 3.28. The molecule has 0 unspecified atom stereocenters. The van der Waals surface area contributed by atoms with E-state index < -0.39 is 0 Å². The van der Waals surface area contributed by atoms with Gasteiger partial charge in [0.05, 0.1) is 18.0 Å². The molecule has 0 aliphatic heterocycles. The lowest BCUT2D eigenvalue weighted by Crippen LogP contribution is -2.04. The number of aliphatic hydroxyl groups is 1. The molecule has 0 atom stereocenters. The van der Waals surface area contributed by atoms with Gasteiger partial charge in [0.15, 0.2) is 0 Å². The Balaban J connectivity index is 2.00. The number of para-hydroxylation sites is 1. The van der Waals surface area contributed by atoms with E-state index in [9.17, 15) is 9.50 Å². The molecule has 0 bridgehead atoms. The van der Waals surface area contributed by atoms with Gasteiger partial charge in [-0.05, 0) is 29.8 Å². The number of hydrogen-bond acceptors (Lipinski definition) is 3. The quantitative estimate of drug-likeness (QED) is 0.800. The molecular weight excluding hydrogens is 269 g/mol. The molecule has 0 fully saturated rings. The van der Waals surface area contributed by atoms with Crippen LogP contribution in [0.5, 0.6) is 0 Å². The second-order valence-electron chi connectivity index (χ2n) is 4.69. The first-order valence-corrected chi connectivity index (χ1v) is 6.62. The number of aromatic nitrogens is 3. The van der Waals surface area contributed by atoms with Crippen molar-refractivity contribution >= 4 is 0 Å². The highest BCUT2D eigenvalue weighted by molar-refractivity contribution is 5.35. The Morgan fingerprint density at radius 1 is 1.00 bits per heavy atom. The van der Waals surface area contributed by atoms with Crippen LogP contribution in [0.3, 0.4) is 0 Å². The Morgan fingerprint density at radius 3 is 2.38 bits per heavy atom. The number of halogens is 1. The van der Waals surface area contributed by atoms with Gasteiger partial charge in [0.25, 0.3) is 0 Å². The Kier molecular flexibility index (Phi) is 3.75. The zero-order valence-corrected chi connectivity index (χ0v) is 11.3. The zero-order valence-electron chi connectivity index (χ0n) is 11.3. The van der Waals surface area contributed by atoms with E-state index in [0.717, 1.165) is 16.9 Å². The standard InChI is InChI=1S/C16H14FN3O/c17-13-8-6-12(7-9-13)10-16-15(11-21)18-19-20(16)14-4-2-1-3-5-14/h1-9,21H,10-11H2. The summed E-state index contributed by atoms with van der Waals surface area (Å²) in [6.07, 6.45) is 0.526. The van der Waals surface area contributed by atoms with Gasteiger partial charge in [-0.25, -0.2) is 9.07 Å². The lowest BCUT2D eigenvalue weighted by atomic mass is 10.1. The van der Waals surface area contributed by atoms with Crippen molar-refractivity contribution in [3.05, 3.63) is 77.4 Å². The van der Waals surface area contributed by atoms with Gasteiger partial charge in [0, 0.05) is 6.42 Å². The second-order valence-corrected chi connectivity index (χ2v) is 4.69. The Hall–Kier alpha value is -2.53. The molecule has 106 valence electrons. The first-order valence-electron chi connectivity index (χ1n) is 6.62. The van der Waals surface area contributed by atoms with Crippen LogP contribution in [0.4, 0.5) is 4.39 Å². The van der Waals surface area contributed by atoms with Crippen molar-refractivity contribution in [3.63, 3.8) is 0 Å². The molecule has 0 radical (unpaired) electrons. The Labute approximate surface area is 121 Å². The maximum atomic E-state index is 13.0. The summed E-state index contributed by atoms with van der Waals surface area (Å²) in [4.78, 5) is 0. The van der Waals surface area contributed by atoms with Gasteiger partial charge in [0.1, 0.15) is 11.5 Å². The van der Waals surface area contributed by atoms with Gasteiger partial charge in [-0.1, -0.05) is 35.5 Å². The van der Waals surface area contributed by atoms with Gasteiger partial charge >= 0.3 is 0 Å². The van der Waals surface area contributed by atoms with E-state index in [4.69, 9.17) is 0 Å². The molecule has 3 rings (SSSR count). The minimum absolute atomic E-state index is 0.177. The van der Waals surface area contributed by atoms with E-state index >= 15 is 0 Å². The molecular formula is C16H14FN3O. The summed E-state index contributed by atoms with van der Waals surface area (Å²) < 4.78 is 14.7. The zero-order chi connectivity index (χ0) is 14.7. The highest BCUT2D eigenvalue weighted by atomic mass is 19.1. The van der Waals surface area contributed by atoms with E-state index in [0.29, 0.717) is 12.1 Å². The Bertz CT molecular complexity index is 723. The van der Waals surface area contributed by atoms with Crippen LogP contribution < -0.4 is 0 Å². The number of aliphatic hydroxyl groups excluding tert-OH is 1. The summed E-state index contributed by atoms with van der Waals surface area (Å²) in [6, 6.07) is 15.9. The maximum absolute atomic E-state index is 13.0. The van der Waals surface area contributed by atoms with Crippen molar-refractivity contribution in [2.45, 2.75) is 13.0 Å². The monoisotopic (exact) mass is 283 g/mol. The fourth-order valence-electron chi connectivity index (χ4n) is 2.20. The van der Waals surface area contributed by atoms with Crippen LogP contribution >= 0.6 is 0 Å². The predicted octanol–water partition coefficient (Wildman–Crippen LogP) is 2.49. The van der Waals surface area contributed by atoms with Crippen LogP contribution in [-0.2, 0) is 13.0 Å². The smallest absolute Gasteiger partial charge is 0.123 e. The highest BCUT2D eigenvalue weighted by Gasteiger charge is 2.14. The lowest BCUT2D eigenvalue weighted by Gasteiger charge is -2.07. The van der Waals surface area contributed by atoms with Gasteiger partial charge in [-0.2, -0.15) is 0 Å². The lowest BCUT2D eigenvalue weighted by molar-refractivity contribution is 0.275. The van der Waals surface area contributed by atoms with Crippen molar-refractivity contribution < 1.29 is 9.50 Å². The van der Waals surface area contributed by atoms with E-state index in [1.165, 1.54) is 12.1 Å². The second kappa shape index (κ2) is 5.85. The molecule has 2 aromatic carbocycles. The van der Waals surface area contributed by atoms with Gasteiger partial charge in [0.2, 0.25) is 0 Å². The Morgan fingerprint density at radius 2 is 1.71 bits per heavy atom. The number of hydrogen-bond donors (Lipinski definition) is 1. The minimum Gasteiger partial charge on any atom is -0.390 e. The number of benzene rings is 2. The van der Waals surface area contributed by atoms with Crippen molar-refractivity contribution in [1.29, 1.82) is 0 Å². The predicted molar refractivity (Wildman–Crippen MR) is 76.5 cm³/mol. The molecule has 4 nitrogen and oxygen atoms in total. The molecule has 0 aliphatic rings. The molecule has 0 saturated heterocycles. The summed E-state index contributed by atoms with van der Waals surface area (Å²) >= 11 is 0. The molecule has 21 heavy (non-hydrogen) atoms. The van der Waals surface area contributed by atoms with Crippen LogP contribution in [0.2, 0.25) is 0 Å². The van der Waals surface area contributed by atoms with Crippen LogP contribution in [0.1, 0.15) is 17.0 Å². The summed E-state index contributed by atoms with van der Waals surface area (Å²) in [5.74, 6) is -0.268. The van der Waals surface area contributed by atoms with E-state index in [1.54, 1.807) is 16.8 Å². The summed E-state index contributed by atoms with van der Waals surface area (Å²) in [6.45, 7) is -0.177. The van der Waals surface area contributed by atoms with Gasteiger partial charge in [-0.15, -0.1) is 5.10 Å². The third-order valence-electron chi connectivity index (χ3n) is 3.28. The van der Waals surface area contributed by atoms with Crippen LogP contribution in [-0.4, -0.2) is 20.1 Å². The molecule has 3 aromatic rings. The maximum Gasteiger partial charge on any atom is 0.123 e. The van der Waals surface area contributed by atoms with Gasteiger partial charge in [-0.3, -0.25) is 0 Å². The third kappa shape index (κ3) is 2.83. The van der Waals surface area contributed by atoms with E-state index in [1.807, 2.05) is 30.3 Å². The molecule has 1 aromatic heterocycles. The largest absolute Gasteiger partial charge is 0.390 e. The summed E-state index contributed by atoms with van der Waals surface area (Å²) in [5.41, 5.74) is 3.14. The topological polar surface area (TPSA) is 50.9 Å². The SMILES string of the molecule is OCc1nnn(-c2ccccc2)c1Cc1ccc(F)cc1. The number of rotatable bonds is 4. The normalized spacial score (nSPS) is 10.8. The fourth-order valence-corrected chi connectivity index (χ4v) is 2.20. The molecule has 5 heteroatoms. The van der Waals surface area contributed by atoms with Crippen LogP contribution in [0.15, 0.2) is 54.6 Å². The van der Waals surface area contributed by atoms with Gasteiger partial charge < -0.3 is 5.11 Å². The molecule has 1 N–H and O–H groups in total. The summed E-state index contributed by atoms with van der Waals surface area (Å²) in [5, 5.41) is 17.5. The van der Waals surface area contributed by atoms with Crippen molar-refractivity contribution in [2.24, 2.45) is 0 Å². The van der Waals surface area contributed by atoms with E-state index in [-0.39, 0.29) is 12.4 Å². The summed E-state index contributed by atoms with van der Waals surface area (Å²) in [7, 11) is 0. The van der Waals surface area contributed by atoms with Crippen molar-refractivity contribution in [1.82, 2.24) is 15.0 Å². The van der Waals surface area contributed by atoms with E-state index in [2.05, 4.69) is 10.3 Å². The number of nitrogens with zero attached hydrogens (tertiary/aromatic N) is 3. The van der Waals surface area contributed by atoms with Crippen LogP contribution in [0, 0.1) is 5.82 Å². The molecule has 0 spiro atoms. The molecule has 0 amide bonds.